The van der Waals surface area contributed by atoms with Crippen molar-refractivity contribution in [3.8, 4) is 11.4 Å². The largest absolute Gasteiger partial charge is 0.340 e. The van der Waals surface area contributed by atoms with Crippen molar-refractivity contribution >= 4 is 29.7 Å². The Morgan fingerprint density at radius 1 is 1.13 bits per heavy atom. The van der Waals surface area contributed by atoms with Gasteiger partial charge in [0, 0.05) is 68.6 Å². The van der Waals surface area contributed by atoms with E-state index >= 15 is 0 Å². The first kappa shape index (κ1) is 26.4. The van der Waals surface area contributed by atoms with Gasteiger partial charge in [0.2, 0.25) is 11.8 Å². The lowest BCUT2D eigenvalue weighted by Crippen LogP contribution is -2.45. The SMILES string of the molecule is C=NN/C=C(\C)c1ccc(Nc2cc(CNC)nc(-c3ccc4c(c3)CN(C(=O)C3CC(F)(F)C3)C4)n2)cc1. The molecule has 10 heteroatoms. The highest BCUT2D eigenvalue weighted by molar-refractivity contribution is 5.81. The Hall–Kier alpha value is -4.18. The van der Waals surface area contributed by atoms with Gasteiger partial charge in [-0.15, -0.1) is 0 Å². The lowest BCUT2D eigenvalue weighted by Gasteiger charge is -2.36. The molecule has 0 spiro atoms. The van der Waals surface area contributed by atoms with E-state index in [-0.39, 0.29) is 18.7 Å². The summed E-state index contributed by atoms with van der Waals surface area (Å²) in [6, 6.07) is 15.8. The number of aromatic nitrogens is 2. The van der Waals surface area contributed by atoms with Crippen molar-refractivity contribution in [3.05, 3.63) is 77.1 Å². The molecule has 1 amide bonds. The molecule has 1 aromatic heterocycles. The minimum absolute atomic E-state index is 0.192. The van der Waals surface area contributed by atoms with Crippen LogP contribution in [0.1, 0.15) is 42.1 Å². The molecule has 0 saturated heterocycles. The summed E-state index contributed by atoms with van der Waals surface area (Å²) in [7, 11) is 1.86. The van der Waals surface area contributed by atoms with E-state index in [0.29, 0.717) is 31.3 Å². The van der Waals surface area contributed by atoms with Gasteiger partial charge in [-0.1, -0.05) is 24.3 Å². The Kier molecular flexibility index (Phi) is 7.38. The fourth-order valence-corrected chi connectivity index (χ4v) is 4.94. The Labute approximate surface area is 226 Å². The smallest absolute Gasteiger partial charge is 0.249 e. The van der Waals surface area contributed by atoms with Crippen LogP contribution in [0.3, 0.4) is 0 Å². The molecule has 3 N–H and O–H groups in total. The maximum absolute atomic E-state index is 13.3. The van der Waals surface area contributed by atoms with Crippen LogP contribution in [0.2, 0.25) is 0 Å². The topological polar surface area (TPSA) is 94.5 Å². The number of fused-ring (bicyclic) bond motifs is 1. The first-order chi connectivity index (χ1) is 18.7. The third-order valence-corrected chi connectivity index (χ3v) is 7.06. The zero-order chi connectivity index (χ0) is 27.6. The van der Waals surface area contributed by atoms with E-state index in [1.807, 2.05) is 62.5 Å². The average molecular weight is 532 g/mol. The second-order valence-corrected chi connectivity index (χ2v) is 10.1. The molecule has 2 heterocycles. The number of nitrogens with one attached hydrogen (secondary N) is 3. The van der Waals surface area contributed by atoms with Crippen molar-refractivity contribution in [3.63, 3.8) is 0 Å². The standard InChI is InChI=1S/C29H31F2N7O/c1-18(14-34-33-3)19-6-8-24(9-7-19)35-26-11-25(15-32-2)36-27(37-26)20-4-5-21-16-38(17-22(21)10-20)28(39)23-12-29(30,31)13-23/h4-11,14,23,32,34H,3,12-13,15-17H2,1-2H3,(H,35,36,37)/b18-14+. The average Bonchev–Trinajstić information content (AvgIpc) is 3.34. The lowest BCUT2D eigenvalue weighted by molar-refractivity contribution is -0.160. The molecule has 1 aliphatic carbocycles. The number of nitrogens with zero attached hydrogens (tertiary/aromatic N) is 4. The van der Waals surface area contributed by atoms with Crippen molar-refractivity contribution in [1.82, 2.24) is 25.6 Å². The number of rotatable bonds is 9. The number of amides is 1. The van der Waals surface area contributed by atoms with Crippen LogP contribution in [-0.4, -0.2) is 40.5 Å². The Morgan fingerprint density at radius 2 is 1.87 bits per heavy atom. The minimum Gasteiger partial charge on any atom is -0.340 e. The van der Waals surface area contributed by atoms with Gasteiger partial charge in [-0.3, -0.25) is 10.2 Å². The van der Waals surface area contributed by atoms with E-state index in [2.05, 4.69) is 27.9 Å². The van der Waals surface area contributed by atoms with Crippen molar-refractivity contribution < 1.29 is 13.6 Å². The number of hydrogen-bond donors (Lipinski definition) is 3. The van der Waals surface area contributed by atoms with Gasteiger partial charge >= 0.3 is 0 Å². The maximum atomic E-state index is 13.3. The van der Waals surface area contributed by atoms with E-state index in [9.17, 15) is 13.6 Å². The first-order valence-electron chi connectivity index (χ1n) is 12.8. The Bertz CT molecular complexity index is 1410. The third-order valence-electron chi connectivity index (χ3n) is 7.06. The van der Waals surface area contributed by atoms with Crippen molar-refractivity contribution in [1.29, 1.82) is 0 Å². The van der Waals surface area contributed by atoms with Crippen molar-refractivity contribution in [2.75, 3.05) is 12.4 Å². The van der Waals surface area contributed by atoms with Gasteiger partial charge in [-0.2, -0.15) is 5.10 Å². The minimum atomic E-state index is -2.71. The number of allylic oxidation sites excluding steroid dienone is 1. The fraction of sp³-hybridized carbons (Fsp3) is 0.310. The van der Waals surface area contributed by atoms with Crippen LogP contribution >= 0.6 is 0 Å². The van der Waals surface area contributed by atoms with Gasteiger partial charge in [0.1, 0.15) is 5.82 Å². The molecule has 8 nitrogen and oxygen atoms in total. The van der Waals surface area contributed by atoms with Gasteiger partial charge in [-0.05, 0) is 54.4 Å². The summed E-state index contributed by atoms with van der Waals surface area (Å²) in [6.07, 6.45) is 1.08. The molecule has 0 radical (unpaired) electrons. The highest BCUT2D eigenvalue weighted by Crippen LogP contribution is 2.44. The molecule has 1 fully saturated rings. The Morgan fingerprint density at radius 3 is 2.56 bits per heavy atom. The molecule has 1 aliphatic heterocycles. The molecule has 0 unspecified atom stereocenters. The monoisotopic (exact) mass is 531 g/mol. The van der Waals surface area contributed by atoms with Gasteiger partial charge in [0.25, 0.3) is 0 Å². The number of alkyl halides is 2. The molecule has 2 aromatic carbocycles. The third kappa shape index (κ3) is 5.96. The van der Waals surface area contributed by atoms with Gasteiger partial charge in [0.05, 0.1) is 5.69 Å². The van der Waals surface area contributed by atoms with E-state index in [1.54, 1.807) is 11.1 Å². The summed E-state index contributed by atoms with van der Waals surface area (Å²) >= 11 is 0. The summed E-state index contributed by atoms with van der Waals surface area (Å²) in [5.41, 5.74) is 9.37. The van der Waals surface area contributed by atoms with Gasteiger partial charge < -0.3 is 15.5 Å². The number of hydrazone groups is 1. The van der Waals surface area contributed by atoms with Crippen LogP contribution in [0.25, 0.3) is 17.0 Å². The second kappa shape index (κ2) is 10.9. The zero-order valence-electron chi connectivity index (χ0n) is 22.0. The van der Waals surface area contributed by atoms with E-state index in [0.717, 1.165) is 39.2 Å². The molecule has 5 rings (SSSR count). The number of halogens is 2. The van der Waals surface area contributed by atoms with Crippen LogP contribution in [0.5, 0.6) is 0 Å². The number of carbonyl (C=O) groups is 1. The first-order valence-corrected chi connectivity index (χ1v) is 12.8. The molecule has 1 saturated carbocycles. The summed E-state index contributed by atoms with van der Waals surface area (Å²) in [6.45, 7) is 6.81. The van der Waals surface area contributed by atoms with Gasteiger partial charge in [-0.25, -0.2) is 18.7 Å². The van der Waals surface area contributed by atoms with E-state index in [1.165, 1.54) is 0 Å². The van der Waals surface area contributed by atoms with Crippen LogP contribution in [0.15, 0.2) is 59.8 Å². The summed E-state index contributed by atoms with van der Waals surface area (Å²) in [5.74, 6) is -2.26. The van der Waals surface area contributed by atoms with Gasteiger partial charge in [0.15, 0.2) is 5.82 Å². The summed E-state index contributed by atoms with van der Waals surface area (Å²) in [4.78, 5) is 23.9. The van der Waals surface area contributed by atoms with Crippen LogP contribution < -0.4 is 16.1 Å². The highest BCUT2D eigenvalue weighted by Gasteiger charge is 2.50. The quantitative estimate of drug-likeness (QED) is 0.264. The van der Waals surface area contributed by atoms with Crippen molar-refractivity contribution in [2.45, 2.75) is 45.3 Å². The molecule has 202 valence electrons. The second-order valence-electron chi connectivity index (χ2n) is 10.1. The molecule has 0 bridgehead atoms. The van der Waals surface area contributed by atoms with E-state index < -0.39 is 11.8 Å². The fourth-order valence-electron chi connectivity index (χ4n) is 4.94. The molecular formula is C29H31F2N7O. The molecule has 2 aliphatic rings. The predicted octanol–water partition coefficient (Wildman–Crippen LogP) is 5.06. The molecule has 39 heavy (non-hydrogen) atoms. The normalized spacial score (nSPS) is 16.4. The zero-order valence-corrected chi connectivity index (χ0v) is 22.0. The molecule has 0 atom stereocenters. The number of benzene rings is 2. The number of carbonyl (C=O) groups excluding carboxylic acids is 1. The highest BCUT2D eigenvalue weighted by atomic mass is 19.3. The molecule has 3 aromatic rings. The predicted molar refractivity (Wildman–Crippen MR) is 148 cm³/mol. The number of anilines is 2. The van der Waals surface area contributed by atoms with Crippen LogP contribution in [0.4, 0.5) is 20.3 Å². The summed E-state index contributed by atoms with van der Waals surface area (Å²) in [5, 5.41) is 10.1. The molecular weight excluding hydrogens is 500 g/mol. The summed E-state index contributed by atoms with van der Waals surface area (Å²) < 4.78 is 26.6. The maximum Gasteiger partial charge on any atom is 0.249 e. The number of hydrogen-bond acceptors (Lipinski definition) is 7. The Balaban J connectivity index is 1.34. The lowest BCUT2D eigenvalue weighted by atomic mass is 9.80. The van der Waals surface area contributed by atoms with E-state index in [4.69, 9.17) is 9.97 Å². The van der Waals surface area contributed by atoms with Crippen LogP contribution in [-0.2, 0) is 24.4 Å². The van der Waals surface area contributed by atoms with Crippen LogP contribution in [0, 0.1) is 5.92 Å². The van der Waals surface area contributed by atoms with Crippen molar-refractivity contribution in [2.24, 2.45) is 11.0 Å².